The van der Waals surface area contributed by atoms with Crippen molar-refractivity contribution in [3.63, 3.8) is 0 Å². The second-order valence-corrected chi connectivity index (χ2v) is 5.47. The van der Waals surface area contributed by atoms with Crippen LogP contribution in [0.15, 0.2) is 27.8 Å². The fraction of sp³-hybridized carbons (Fsp3) is 0.333. The Morgan fingerprint density at radius 3 is 3.06 bits per heavy atom. The fourth-order valence-corrected chi connectivity index (χ4v) is 2.25. The van der Waals surface area contributed by atoms with Crippen LogP contribution < -0.4 is 5.32 Å². The van der Waals surface area contributed by atoms with Crippen molar-refractivity contribution < 1.29 is 9.21 Å². The van der Waals surface area contributed by atoms with Gasteiger partial charge in [-0.05, 0) is 32.0 Å². The molecule has 1 N–H and O–H groups in total. The normalized spacial score (nSPS) is 11.1. The number of oxazole rings is 1. The van der Waals surface area contributed by atoms with Crippen molar-refractivity contribution in [2.24, 2.45) is 0 Å². The van der Waals surface area contributed by atoms with Crippen molar-refractivity contribution in [1.82, 2.24) is 10.3 Å². The maximum Gasteiger partial charge on any atom is 0.257 e. The highest BCUT2D eigenvalue weighted by Crippen LogP contribution is 2.25. The van der Waals surface area contributed by atoms with E-state index >= 15 is 0 Å². The third-order valence-electron chi connectivity index (χ3n) is 2.11. The number of hydrogen-bond donors (Lipinski definition) is 1. The quantitative estimate of drug-likeness (QED) is 0.877. The van der Waals surface area contributed by atoms with E-state index in [1.54, 1.807) is 18.2 Å². The summed E-state index contributed by atoms with van der Waals surface area (Å²) in [5, 5.41) is 3.90. The molecule has 0 atom stereocenters. The minimum absolute atomic E-state index is 0.0321. The summed E-state index contributed by atoms with van der Waals surface area (Å²) in [6.07, 6.45) is 0. The van der Waals surface area contributed by atoms with E-state index in [0.717, 1.165) is 0 Å². The van der Waals surface area contributed by atoms with Gasteiger partial charge < -0.3 is 9.73 Å². The molecule has 6 heteroatoms. The lowest BCUT2D eigenvalue weighted by molar-refractivity contribution is -0.119. The Labute approximate surface area is 114 Å². The molecule has 96 valence electrons. The van der Waals surface area contributed by atoms with Crippen molar-refractivity contribution in [3.8, 4) is 0 Å². The molecule has 0 saturated heterocycles. The van der Waals surface area contributed by atoms with Crippen LogP contribution in [0.5, 0.6) is 0 Å². The van der Waals surface area contributed by atoms with Gasteiger partial charge in [-0.15, -0.1) is 0 Å². The van der Waals surface area contributed by atoms with Gasteiger partial charge in [-0.25, -0.2) is 4.98 Å². The predicted molar refractivity (Wildman–Crippen MR) is 73.0 cm³/mol. The van der Waals surface area contributed by atoms with Gasteiger partial charge in [0.05, 0.1) is 5.75 Å². The standard InChI is InChI=1S/C12H13ClN2O2S/c1-7(2)14-11(16)6-18-12-15-9-5-8(13)3-4-10(9)17-12/h3-5,7H,6H2,1-2H3,(H,14,16). The van der Waals surface area contributed by atoms with Gasteiger partial charge in [0.2, 0.25) is 5.91 Å². The molecule has 2 aromatic rings. The van der Waals surface area contributed by atoms with Crippen molar-refractivity contribution in [2.75, 3.05) is 5.75 Å². The van der Waals surface area contributed by atoms with E-state index in [1.807, 2.05) is 13.8 Å². The van der Waals surface area contributed by atoms with E-state index in [9.17, 15) is 4.79 Å². The van der Waals surface area contributed by atoms with Crippen LogP contribution in [0.3, 0.4) is 0 Å². The van der Waals surface area contributed by atoms with Crippen LogP contribution in [0, 0.1) is 0 Å². The summed E-state index contributed by atoms with van der Waals surface area (Å²) >= 11 is 7.13. The first kappa shape index (κ1) is 13.2. The van der Waals surface area contributed by atoms with Gasteiger partial charge in [0.15, 0.2) is 5.58 Å². The van der Waals surface area contributed by atoms with Crippen LogP contribution in [0.4, 0.5) is 0 Å². The number of nitrogens with zero attached hydrogens (tertiary/aromatic N) is 1. The molecule has 1 aromatic carbocycles. The lowest BCUT2D eigenvalue weighted by atomic mass is 10.3. The molecule has 0 aliphatic heterocycles. The summed E-state index contributed by atoms with van der Waals surface area (Å²) in [4.78, 5) is 15.7. The topological polar surface area (TPSA) is 55.1 Å². The highest BCUT2D eigenvalue weighted by Gasteiger charge is 2.10. The number of carbonyl (C=O) groups excluding carboxylic acids is 1. The van der Waals surface area contributed by atoms with Crippen molar-refractivity contribution in [2.45, 2.75) is 25.1 Å². The molecule has 0 saturated carbocycles. The molecule has 1 aromatic heterocycles. The highest BCUT2D eigenvalue weighted by atomic mass is 35.5. The largest absolute Gasteiger partial charge is 0.431 e. The zero-order valence-corrected chi connectivity index (χ0v) is 11.6. The monoisotopic (exact) mass is 284 g/mol. The molecule has 18 heavy (non-hydrogen) atoms. The van der Waals surface area contributed by atoms with E-state index in [1.165, 1.54) is 11.8 Å². The van der Waals surface area contributed by atoms with E-state index in [4.69, 9.17) is 16.0 Å². The van der Waals surface area contributed by atoms with Crippen molar-refractivity contribution in [1.29, 1.82) is 0 Å². The third kappa shape index (κ3) is 3.40. The molecule has 0 fully saturated rings. The van der Waals surface area contributed by atoms with Crippen LogP contribution in [-0.2, 0) is 4.79 Å². The second-order valence-electron chi connectivity index (χ2n) is 4.10. The minimum atomic E-state index is -0.0321. The minimum Gasteiger partial charge on any atom is -0.431 e. The summed E-state index contributed by atoms with van der Waals surface area (Å²) in [5.74, 6) is 0.258. The summed E-state index contributed by atoms with van der Waals surface area (Å²) in [5.41, 5.74) is 1.38. The van der Waals surface area contributed by atoms with Gasteiger partial charge in [0.25, 0.3) is 5.22 Å². The van der Waals surface area contributed by atoms with E-state index < -0.39 is 0 Å². The number of benzene rings is 1. The predicted octanol–water partition coefficient (Wildman–Crippen LogP) is 3.10. The Hall–Kier alpha value is -1.20. The van der Waals surface area contributed by atoms with Gasteiger partial charge in [-0.2, -0.15) is 0 Å². The summed E-state index contributed by atoms with van der Waals surface area (Å²) < 4.78 is 5.49. The molecular formula is C12H13ClN2O2S. The van der Waals surface area contributed by atoms with Crippen LogP contribution in [0.1, 0.15) is 13.8 Å². The van der Waals surface area contributed by atoms with Gasteiger partial charge in [0.1, 0.15) is 5.52 Å². The van der Waals surface area contributed by atoms with E-state index in [-0.39, 0.29) is 11.9 Å². The maximum atomic E-state index is 11.5. The molecule has 0 unspecified atom stereocenters. The molecule has 0 radical (unpaired) electrons. The molecule has 0 aliphatic carbocycles. The molecule has 1 amide bonds. The van der Waals surface area contributed by atoms with E-state index in [0.29, 0.717) is 27.1 Å². The number of thioether (sulfide) groups is 1. The van der Waals surface area contributed by atoms with E-state index in [2.05, 4.69) is 10.3 Å². The molecule has 0 aliphatic rings. The van der Waals surface area contributed by atoms with Crippen molar-refractivity contribution >= 4 is 40.4 Å². The third-order valence-corrected chi connectivity index (χ3v) is 3.17. The number of nitrogens with one attached hydrogen (secondary N) is 1. The Balaban J connectivity index is 2.02. The summed E-state index contributed by atoms with van der Waals surface area (Å²) in [6.45, 7) is 3.84. The molecule has 0 spiro atoms. The lowest BCUT2D eigenvalue weighted by Crippen LogP contribution is -2.31. The van der Waals surface area contributed by atoms with Gasteiger partial charge >= 0.3 is 0 Å². The first-order valence-corrected chi connectivity index (χ1v) is 6.89. The number of halogens is 1. The first-order chi connectivity index (χ1) is 8.54. The molecule has 0 bridgehead atoms. The van der Waals surface area contributed by atoms with Gasteiger partial charge in [-0.1, -0.05) is 23.4 Å². The smallest absolute Gasteiger partial charge is 0.257 e. The number of hydrogen-bond acceptors (Lipinski definition) is 4. The van der Waals surface area contributed by atoms with Gasteiger partial charge in [0, 0.05) is 11.1 Å². The maximum absolute atomic E-state index is 11.5. The molecule has 4 nitrogen and oxygen atoms in total. The lowest BCUT2D eigenvalue weighted by Gasteiger charge is -2.06. The number of aromatic nitrogens is 1. The Kier molecular flexibility index (Phi) is 4.14. The first-order valence-electron chi connectivity index (χ1n) is 5.53. The highest BCUT2D eigenvalue weighted by molar-refractivity contribution is 7.99. The zero-order chi connectivity index (χ0) is 13.1. The molecule has 2 rings (SSSR count). The second kappa shape index (κ2) is 5.63. The molecular weight excluding hydrogens is 272 g/mol. The number of rotatable bonds is 4. The van der Waals surface area contributed by atoms with Gasteiger partial charge in [-0.3, -0.25) is 4.79 Å². The summed E-state index contributed by atoms with van der Waals surface area (Å²) in [7, 11) is 0. The SMILES string of the molecule is CC(C)NC(=O)CSc1nc2cc(Cl)ccc2o1. The number of fused-ring (bicyclic) bond motifs is 1. The Morgan fingerprint density at radius 1 is 1.56 bits per heavy atom. The average molecular weight is 285 g/mol. The van der Waals surface area contributed by atoms with Crippen molar-refractivity contribution in [3.05, 3.63) is 23.2 Å². The number of amides is 1. The van der Waals surface area contributed by atoms with Crippen LogP contribution in [0.25, 0.3) is 11.1 Å². The van der Waals surface area contributed by atoms with Crippen LogP contribution >= 0.6 is 23.4 Å². The fourth-order valence-electron chi connectivity index (χ4n) is 1.43. The summed E-state index contributed by atoms with van der Waals surface area (Å²) in [6, 6.07) is 5.39. The zero-order valence-electron chi connectivity index (χ0n) is 10.1. The Bertz CT molecular complexity index is 568. The molecule has 1 heterocycles. The average Bonchev–Trinajstić information content (AvgIpc) is 2.67. The van der Waals surface area contributed by atoms with Crippen LogP contribution in [-0.4, -0.2) is 22.7 Å². The van der Waals surface area contributed by atoms with Crippen LogP contribution in [0.2, 0.25) is 5.02 Å². The number of carbonyl (C=O) groups is 1. The Morgan fingerprint density at radius 2 is 2.33 bits per heavy atom.